The average Bonchev–Trinajstić information content (AvgIpc) is 2.39. The van der Waals surface area contributed by atoms with Gasteiger partial charge in [-0.3, -0.25) is 9.59 Å². The molecule has 1 aromatic heterocycles. The Balaban J connectivity index is 2.09. The maximum absolute atomic E-state index is 12.2. The van der Waals surface area contributed by atoms with E-state index in [4.69, 9.17) is 0 Å². The van der Waals surface area contributed by atoms with Gasteiger partial charge in [0.2, 0.25) is 0 Å². The maximum atomic E-state index is 12.2. The summed E-state index contributed by atoms with van der Waals surface area (Å²) < 4.78 is 0. The lowest BCUT2D eigenvalue weighted by Gasteiger charge is -2.33. The van der Waals surface area contributed by atoms with Gasteiger partial charge in [0, 0.05) is 37.6 Å². The lowest BCUT2D eigenvalue weighted by Crippen LogP contribution is -2.48. The summed E-state index contributed by atoms with van der Waals surface area (Å²) in [5.74, 6) is -0.167. The van der Waals surface area contributed by atoms with E-state index in [-0.39, 0.29) is 16.9 Å². The van der Waals surface area contributed by atoms with Crippen LogP contribution in [0.4, 0.5) is 0 Å². The van der Waals surface area contributed by atoms with Gasteiger partial charge < -0.3 is 15.2 Å². The van der Waals surface area contributed by atoms with Crippen LogP contribution < -0.4 is 10.7 Å². The summed E-state index contributed by atoms with van der Waals surface area (Å²) in [5.41, 5.74) is 0.0129. The number of carbonyl (C=O) groups excluding carboxylic acids is 1. The number of rotatable bonds is 3. The summed E-state index contributed by atoms with van der Waals surface area (Å²) in [6.45, 7) is 4.37. The minimum Gasteiger partial charge on any atom is -0.367 e. The number of aromatic nitrogens is 1. The van der Waals surface area contributed by atoms with E-state index in [2.05, 4.69) is 17.2 Å². The zero-order valence-corrected chi connectivity index (χ0v) is 10.6. The third-order valence-corrected chi connectivity index (χ3v) is 3.26. The number of likely N-dealkylation sites (tertiary alicyclic amines) is 1. The molecule has 1 atom stereocenters. The summed E-state index contributed by atoms with van der Waals surface area (Å²) in [4.78, 5) is 28.4. The Kier molecular flexibility index (Phi) is 4.15. The van der Waals surface area contributed by atoms with Crippen molar-refractivity contribution in [2.24, 2.45) is 0 Å². The second-order valence-electron chi connectivity index (χ2n) is 4.57. The third-order valence-electron chi connectivity index (χ3n) is 3.26. The quantitative estimate of drug-likeness (QED) is 0.824. The summed E-state index contributed by atoms with van der Waals surface area (Å²) in [5, 5.41) is 3.36. The van der Waals surface area contributed by atoms with Gasteiger partial charge in [-0.15, -0.1) is 0 Å². The van der Waals surface area contributed by atoms with Crippen LogP contribution in [0.1, 0.15) is 30.1 Å². The summed E-state index contributed by atoms with van der Waals surface area (Å²) >= 11 is 0. The molecule has 1 fully saturated rings. The van der Waals surface area contributed by atoms with Crippen molar-refractivity contribution in [1.82, 2.24) is 15.2 Å². The highest BCUT2D eigenvalue weighted by Gasteiger charge is 2.24. The lowest BCUT2D eigenvalue weighted by molar-refractivity contribution is 0.0694. The van der Waals surface area contributed by atoms with Crippen LogP contribution in [0, 0.1) is 0 Å². The number of hydrogen-bond acceptors (Lipinski definition) is 3. The second-order valence-corrected chi connectivity index (χ2v) is 4.57. The number of H-pyrrole nitrogens is 1. The van der Waals surface area contributed by atoms with Crippen LogP contribution in [-0.4, -0.2) is 41.5 Å². The number of pyridine rings is 1. The van der Waals surface area contributed by atoms with Gasteiger partial charge in [-0.25, -0.2) is 0 Å². The van der Waals surface area contributed by atoms with Crippen molar-refractivity contribution in [3.8, 4) is 0 Å². The summed E-state index contributed by atoms with van der Waals surface area (Å²) in [7, 11) is 0. The highest BCUT2D eigenvalue weighted by Crippen LogP contribution is 2.12. The SMILES string of the molecule is CCNC1CCCN(C(=O)c2c[nH]ccc2=O)C1. The summed E-state index contributed by atoms with van der Waals surface area (Å²) in [6, 6.07) is 1.73. The van der Waals surface area contributed by atoms with Crippen molar-refractivity contribution < 1.29 is 4.79 Å². The van der Waals surface area contributed by atoms with Crippen LogP contribution >= 0.6 is 0 Å². The van der Waals surface area contributed by atoms with Crippen molar-refractivity contribution in [2.75, 3.05) is 19.6 Å². The Morgan fingerprint density at radius 1 is 1.61 bits per heavy atom. The molecular weight excluding hydrogens is 230 g/mol. The van der Waals surface area contributed by atoms with Crippen molar-refractivity contribution in [3.63, 3.8) is 0 Å². The van der Waals surface area contributed by atoms with E-state index in [1.165, 1.54) is 18.5 Å². The van der Waals surface area contributed by atoms with Crippen molar-refractivity contribution in [3.05, 3.63) is 34.2 Å². The van der Waals surface area contributed by atoms with Gasteiger partial charge in [0.05, 0.1) is 0 Å². The zero-order chi connectivity index (χ0) is 13.0. The van der Waals surface area contributed by atoms with Crippen molar-refractivity contribution in [2.45, 2.75) is 25.8 Å². The molecule has 2 N–H and O–H groups in total. The molecule has 0 aromatic carbocycles. The molecule has 1 saturated heterocycles. The largest absolute Gasteiger partial charge is 0.367 e. The maximum Gasteiger partial charge on any atom is 0.259 e. The molecule has 5 heteroatoms. The molecule has 1 aromatic rings. The van der Waals surface area contributed by atoms with Gasteiger partial charge in [0.1, 0.15) is 5.56 Å². The minimum atomic E-state index is -0.218. The topological polar surface area (TPSA) is 65.2 Å². The molecule has 0 spiro atoms. The molecule has 0 aliphatic carbocycles. The molecule has 5 nitrogen and oxygen atoms in total. The molecule has 0 saturated carbocycles. The van der Waals surface area contributed by atoms with Crippen molar-refractivity contribution in [1.29, 1.82) is 0 Å². The normalized spacial score (nSPS) is 19.8. The van der Waals surface area contributed by atoms with Crippen LogP contribution in [0.3, 0.4) is 0 Å². The first kappa shape index (κ1) is 12.8. The van der Waals surface area contributed by atoms with Crippen LogP contribution in [0.5, 0.6) is 0 Å². The van der Waals surface area contributed by atoms with E-state index in [1.807, 2.05) is 0 Å². The number of aromatic amines is 1. The molecule has 98 valence electrons. The smallest absolute Gasteiger partial charge is 0.259 e. The molecule has 1 unspecified atom stereocenters. The monoisotopic (exact) mass is 249 g/mol. The molecule has 1 amide bonds. The minimum absolute atomic E-state index is 0.167. The lowest BCUT2D eigenvalue weighted by atomic mass is 10.0. The van der Waals surface area contributed by atoms with Crippen LogP contribution in [0.25, 0.3) is 0 Å². The average molecular weight is 249 g/mol. The van der Waals surface area contributed by atoms with Crippen LogP contribution in [0.2, 0.25) is 0 Å². The fourth-order valence-corrected chi connectivity index (χ4v) is 2.37. The Hall–Kier alpha value is -1.62. The second kappa shape index (κ2) is 5.82. The number of piperidine rings is 1. The molecule has 2 heterocycles. The van der Waals surface area contributed by atoms with Crippen LogP contribution in [-0.2, 0) is 0 Å². The first-order valence-electron chi connectivity index (χ1n) is 6.42. The number of amides is 1. The van der Waals surface area contributed by atoms with E-state index in [1.54, 1.807) is 4.90 Å². The summed E-state index contributed by atoms with van der Waals surface area (Å²) in [6.07, 6.45) is 5.09. The molecule has 0 bridgehead atoms. The van der Waals surface area contributed by atoms with E-state index in [0.717, 1.165) is 25.9 Å². The highest BCUT2D eigenvalue weighted by atomic mass is 16.2. The number of nitrogens with one attached hydrogen (secondary N) is 2. The fourth-order valence-electron chi connectivity index (χ4n) is 2.37. The first-order chi connectivity index (χ1) is 8.72. The van der Waals surface area contributed by atoms with Gasteiger partial charge >= 0.3 is 0 Å². The van der Waals surface area contributed by atoms with E-state index in [9.17, 15) is 9.59 Å². The number of carbonyl (C=O) groups is 1. The molecule has 0 radical (unpaired) electrons. The Morgan fingerprint density at radius 3 is 3.17 bits per heavy atom. The van der Waals surface area contributed by atoms with Gasteiger partial charge in [-0.05, 0) is 19.4 Å². The molecule has 2 rings (SSSR count). The van der Waals surface area contributed by atoms with E-state index >= 15 is 0 Å². The Labute approximate surface area is 106 Å². The Bertz CT molecular complexity index is 467. The molecular formula is C13H19N3O2. The fraction of sp³-hybridized carbons (Fsp3) is 0.538. The van der Waals surface area contributed by atoms with Gasteiger partial charge in [-0.1, -0.05) is 6.92 Å². The Morgan fingerprint density at radius 2 is 2.44 bits per heavy atom. The zero-order valence-electron chi connectivity index (χ0n) is 10.6. The van der Waals surface area contributed by atoms with Crippen molar-refractivity contribution >= 4 is 5.91 Å². The third kappa shape index (κ3) is 2.79. The predicted molar refractivity (Wildman–Crippen MR) is 69.7 cm³/mol. The highest BCUT2D eigenvalue weighted by molar-refractivity contribution is 5.93. The standard InChI is InChI=1S/C13H19N3O2/c1-2-15-10-4-3-7-16(9-10)13(18)11-8-14-6-5-12(11)17/h5-6,8,10,15H,2-4,7,9H2,1H3,(H,14,17). The van der Waals surface area contributed by atoms with E-state index < -0.39 is 0 Å². The first-order valence-corrected chi connectivity index (χ1v) is 6.42. The predicted octanol–water partition coefficient (Wildman–Crippen LogP) is 0.589. The van der Waals surface area contributed by atoms with Gasteiger partial charge in [-0.2, -0.15) is 0 Å². The van der Waals surface area contributed by atoms with Crippen LogP contribution in [0.15, 0.2) is 23.3 Å². The van der Waals surface area contributed by atoms with Gasteiger partial charge in [0.15, 0.2) is 5.43 Å². The number of nitrogens with zero attached hydrogens (tertiary/aromatic N) is 1. The molecule has 1 aliphatic heterocycles. The number of likely N-dealkylation sites (N-methyl/N-ethyl adjacent to an activating group) is 1. The molecule has 1 aliphatic rings. The number of hydrogen-bond donors (Lipinski definition) is 2. The van der Waals surface area contributed by atoms with Gasteiger partial charge in [0.25, 0.3) is 5.91 Å². The molecule has 18 heavy (non-hydrogen) atoms. The van der Waals surface area contributed by atoms with E-state index in [0.29, 0.717) is 12.6 Å².